The van der Waals surface area contributed by atoms with Crippen LogP contribution in [0.5, 0.6) is 0 Å². The molecule has 0 spiro atoms. The zero-order valence-corrected chi connectivity index (χ0v) is 26.9. The van der Waals surface area contributed by atoms with Gasteiger partial charge in [0.2, 0.25) is 0 Å². The van der Waals surface area contributed by atoms with Gasteiger partial charge in [0.05, 0.1) is 0 Å². The molecular formula is C42H47N. The normalized spacial score (nSPS) is 11.7. The maximum absolute atomic E-state index is 5.44. The topological polar surface area (TPSA) is 26.0 Å². The van der Waals surface area contributed by atoms with Crippen molar-refractivity contribution in [3.05, 3.63) is 178 Å². The fraction of sp³-hybridized carbons (Fsp3) is 0.190. The lowest BCUT2D eigenvalue weighted by Crippen LogP contribution is -1.96. The first-order chi connectivity index (χ1) is 20.7. The molecule has 4 rings (SSSR count). The van der Waals surface area contributed by atoms with E-state index < -0.39 is 0 Å². The summed E-state index contributed by atoms with van der Waals surface area (Å²) >= 11 is 0. The average molecular weight is 566 g/mol. The second-order valence-electron chi connectivity index (χ2n) is 11.1. The fourth-order valence-electron chi connectivity index (χ4n) is 4.92. The van der Waals surface area contributed by atoms with Gasteiger partial charge in [-0.05, 0) is 114 Å². The van der Waals surface area contributed by atoms with Crippen LogP contribution < -0.4 is 5.73 Å². The van der Waals surface area contributed by atoms with Gasteiger partial charge in [-0.1, -0.05) is 134 Å². The Labute approximate surface area is 260 Å². The van der Waals surface area contributed by atoms with Crippen molar-refractivity contribution in [3.8, 4) is 0 Å². The Hall–Kier alpha value is -4.46. The van der Waals surface area contributed by atoms with E-state index in [1.54, 1.807) is 0 Å². The zero-order valence-electron chi connectivity index (χ0n) is 26.9. The van der Waals surface area contributed by atoms with Gasteiger partial charge in [0.25, 0.3) is 0 Å². The highest BCUT2D eigenvalue weighted by Gasteiger charge is 2.12. The number of aryl methyl sites for hydroxylation is 4. The van der Waals surface area contributed by atoms with Crippen LogP contribution in [0.15, 0.2) is 127 Å². The number of hydrogen-bond donors (Lipinski definition) is 1. The molecule has 0 unspecified atom stereocenters. The lowest BCUT2D eigenvalue weighted by Gasteiger charge is -2.16. The predicted molar refractivity (Wildman–Crippen MR) is 192 cm³/mol. The number of rotatable bonds is 9. The van der Waals surface area contributed by atoms with Gasteiger partial charge in [0.1, 0.15) is 0 Å². The minimum absolute atomic E-state index is 0.643. The maximum atomic E-state index is 5.44. The second kappa shape index (κ2) is 16.2. The van der Waals surface area contributed by atoms with Crippen LogP contribution in [-0.4, -0.2) is 0 Å². The molecule has 0 heterocycles. The summed E-state index contributed by atoms with van der Waals surface area (Å²) in [6, 6.07) is 32.0. The maximum Gasteiger partial charge on any atom is 0.0178 e. The van der Waals surface area contributed by atoms with Crippen LogP contribution in [0.4, 0.5) is 0 Å². The number of nitrogens with two attached hydrogens (primary N) is 1. The zero-order chi connectivity index (χ0) is 31.4. The van der Waals surface area contributed by atoms with Gasteiger partial charge in [-0.3, -0.25) is 0 Å². The molecule has 0 fully saturated rings. The van der Waals surface area contributed by atoms with Crippen molar-refractivity contribution in [2.75, 3.05) is 0 Å². The summed E-state index contributed by atoms with van der Waals surface area (Å²) in [5.74, 6) is 0. The van der Waals surface area contributed by atoms with E-state index in [1.807, 2.05) is 6.07 Å². The van der Waals surface area contributed by atoms with Crippen LogP contribution in [0.3, 0.4) is 0 Å². The number of allylic oxidation sites excluding steroid dienone is 6. The molecule has 4 aromatic rings. The Kier molecular flexibility index (Phi) is 12.5. The van der Waals surface area contributed by atoms with Crippen molar-refractivity contribution in [3.63, 3.8) is 0 Å². The molecule has 0 bridgehead atoms. The Morgan fingerprint density at radius 1 is 0.698 bits per heavy atom. The SMILES string of the molecule is C=C(C)/C(=C/C(=C)/C(=C/C)c1cc(C)ccc1C)c1cc(/C=C/c2ccccc2)ccc1C.CCc1ccc(CN)cc1. The summed E-state index contributed by atoms with van der Waals surface area (Å²) in [6.07, 6.45) is 9.76. The summed E-state index contributed by atoms with van der Waals surface area (Å²) in [5, 5.41) is 0. The van der Waals surface area contributed by atoms with Crippen molar-refractivity contribution < 1.29 is 0 Å². The van der Waals surface area contributed by atoms with E-state index in [1.165, 1.54) is 44.5 Å². The third-order valence-electron chi connectivity index (χ3n) is 7.58. The molecule has 0 atom stereocenters. The van der Waals surface area contributed by atoms with Gasteiger partial charge in [-0.15, -0.1) is 0 Å². The summed E-state index contributed by atoms with van der Waals surface area (Å²) < 4.78 is 0. The number of hydrogen-bond acceptors (Lipinski definition) is 1. The van der Waals surface area contributed by atoms with Crippen molar-refractivity contribution in [2.24, 2.45) is 5.73 Å². The third kappa shape index (κ3) is 9.53. The molecule has 1 heteroatoms. The van der Waals surface area contributed by atoms with E-state index >= 15 is 0 Å². The third-order valence-corrected chi connectivity index (χ3v) is 7.58. The lowest BCUT2D eigenvalue weighted by molar-refractivity contribution is 1.06. The number of benzene rings is 4. The molecule has 4 aromatic carbocycles. The summed E-state index contributed by atoms with van der Waals surface area (Å²) in [5.41, 5.74) is 20.8. The van der Waals surface area contributed by atoms with Crippen LogP contribution in [0.1, 0.15) is 70.8 Å². The van der Waals surface area contributed by atoms with Gasteiger partial charge in [0.15, 0.2) is 0 Å². The van der Waals surface area contributed by atoms with E-state index in [9.17, 15) is 0 Å². The van der Waals surface area contributed by atoms with E-state index in [0.717, 1.165) is 34.3 Å². The first kappa shape index (κ1) is 33.0. The van der Waals surface area contributed by atoms with Crippen molar-refractivity contribution in [1.29, 1.82) is 0 Å². The Balaban J connectivity index is 0.000000428. The molecule has 0 saturated carbocycles. The smallest absolute Gasteiger partial charge is 0.0178 e. The molecule has 0 aliphatic rings. The molecule has 1 nitrogen and oxygen atoms in total. The second-order valence-corrected chi connectivity index (χ2v) is 11.1. The summed E-state index contributed by atoms with van der Waals surface area (Å²) in [7, 11) is 0. The van der Waals surface area contributed by atoms with E-state index in [-0.39, 0.29) is 0 Å². The van der Waals surface area contributed by atoms with Crippen LogP contribution in [0.25, 0.3) is 23.3 Å². The minimum atomic E-state index is 0.643. The average Bonchev–Trinajstić information content (AvgIpc) is 3.02. The summed E-state index contributed by atoms with van der Waals surface area (Å²) in [6.45, 7) is 22.1. The van der Waals surface area contributed by atoms with E-state index in [4.69, 9.17) is 5.73 Å². The quantitative estimate of drug-likeness (QED) is 0.158. The standard InChI is InChI=1S/C33H34.C9H13N/c1-8-30(32-20-24(4)14-15-25(32)5)27(7)21-31(23(2)3)33-22-29(17-16-26(33)6)19-18-28-12-10-9-11-13-28;1-2-8-3-5-9(7-10)6-4-8/h8-22H,2,7H2,1,3-6H3;3-6H,2,7,10H2,1H3/b19-18+,30-8-,31-21-;. The van der Waals surface area contributed by atoms with Gasteiger partial charge in [0, 0.05) is 6.54 Å². The van der Waals surface area contributed by atoms with Gasteiger partial charge in [-0.2, -0.15) is 0 Å². The molecule has 0 radical (unpaired) electrons. The predicted octanol–water partition coefficient (Wildman–Crippen LogP) is 11.1. The fourth-order valence-corrected chi connectivity index (χ4v) is 4.92. The Morgan fingerprint density at radius 2 is 1.28 bits per heavy atom. The molecule has 220 valence electrons. The molecular weight excluding hydrogens is 518 g/mol. The van der Waals surface area contributed by atoms with Crippen LogP contribution in [0.2, 0.25) is 0 Å². The largest absolute Gasteiger partial charge is 0.326 e. The molecule has 0 aromatic heterocycles. The van der Waals surface area contributed by atoms with Crippen LogP contribution >= 0.6 is 0 Å². The van der Waals surface area contributed by atoms with Crippen molar-refractivity contribution >= 4 is 23.3 Å². The van der Waals surface area contributed by atoms with E-state index in [2.05, 4.69) is 164 Å². The monoisotopic (exact) mass is 565 g/mol. The van der Waals surface area contributed by atoms with Gasteiger partial charge >= 0.3 is 0 Å². The van der Waals surface area contributed by atoms with E-state index in [0.29, 0.717) is 6.54 Å². The van der Waals surface area contributed by atoms with Gasteiger partial charge in [-0.25, -0.2) is 0 Å². The highest BCUT2D eigenvalue weighted by Crippen LogP contribution is 2.33. The van der Waals surface area contributed by atoms with Crippen LogP contribution in [-0.2, 0) is 13.0 Å². The molecule has 0 aliphatic carbocycles. The van der Waals surface area contributed by atoms with Crippen molar-refractivity contribution in [2.45, 2.75) is 54.5 Å². The van der Waals surface area contributed by atoms with Gasteiger partial charge < -0.3 is 5.73 Å². The molecule has 0 aliphatic heterocycles. The first-order valence-corrected chi connectivity index (χ1v) is 15.1. The van der Waals surface area contributed by atoms with Crippen molar-refractivity contribution in [1.82, 2.24) is 0 Å². The Bertz CT molecular complexity index is 1600. The lowest BCUT2D eigenvalue weighted by atomic mass is 9.88. The van der Waals surface area contributed by atoms with Crippen LogP contribution in [0, 0.1) is 20.8 Å². The highest BCUT2D eigenvalue weighted by atomic mass is 14.5. The highest BCUT2D eigenvalue weighted by molar-refractivity contribution is 5.90. The molecule has 43 heavy (non-hydrogen) atoms. The Morgan fingerprint density at radius 3 is 1.86 bits per heavy atom. The molecule has 0 saturated heterocycles. The minimum Gasteiger partial charge on any atom is -0.326 e. The molecule has 0 amide bonds. The molecule has 2 N–H and O–H groups in total. The first-order valence-electron chi connectivity index (χ1n) is 15.1. The summed E-state index contributed by atoms with van der Waals surface area (Å²) in [4.78, 5) is 0.